The van der Waals surface area contributed by atoms with Crippen LogP contribution >= 0.6 is 0 Å². The molecule has 0 aliphatic rings. The van der Waals surface area contributed by atoms with E-state index in [0.29, 0.717) is 0 Å². The van der Waals surface area contributed by atoms with Gasteiger partial charge in [-0.05, 0) is 13.3 Å². The van der Waals surface area contributed by atoms with E-state index in [9.17, 15) is 0 Å². The van der Waals surface area contributed by atoms with Crippen molar-refractivity contribution in [3.05, 3.63) is 0 Å². The highest BCUT2D eigenvalue weighted by Crippen LogP contribution is 1.93. The number of nitrogens with one attached hydrogen (secondary N) is 1. The first kappa shape index (κ1) is 10.1. The van der Waals surface area contributed by atoms with Gasteiger partial charge in [0.25, 0.3) is 0 Å². The van der Waals surface area contributed by atoms with Crippen molar-refractivity contribution in [2.45, 2.75) is 26.7 Å². The standard InChI is InChI=1S/C7H16N4/c1-4-5-6-11(3)7(2)9-10-8/h8H,4-6H2,1-3H3/b9-7-,10-8?. The molecule has 0 aromatic rings. The summed E-state index contributed by atoms with van der Waals surface area (Å²) in [5, 5.41) is 6.57. The Labute approximate surface area is 67.8 Å². The van der Waals surface area contributed by atoms with Crippen LogP contribution in [0.4, 0.5) is 0 Å². The summed E-state index contributed by atoms with van der Waals surface area (Å²) in [7, 11) is 1.96. The minimum absolute atomic E-state index is 0.799. The Balaban J connectivity index is 3.72. The number of hydrogen-bond acceptors (Lipinski definition) is 2. The van der Waals surface area contributed by atoms with E-state index in [0.717, 1.165) is 18.8 Å². The maximum absolute atomic E-state index is 6.51. The van der Waals surface area contributed by atoms with Crippen LogP contribution < -0.4 is 0 Å². The molecule has 0 rings (SSSR count). The van der Waals surface area contributed by atoms with Crippen molar-refractivity contribution in [2.75, 3.05) is 13.6 Å². The van der Waals surface area contributed by atoms with Crippen LogP contribution in [0.5, 0.6) is 0 Å². The number of rotatable bonds is 4. The maximum Gasteiger partial charge on any atom is 0.125 e. The van der Waals surface area contributed by atoms with Gasteiger partial charge in [-0.3, -0.25) is 0 Å². The Bertz CT molecular complexity index is 141. The molecule has 0 saturated carbocycles. The van der Waals surface area contributed by atoms with Gasteiger partial charge < -0.3 is 4.90 Å². The molecule has 0 fully saturated rings. The maximum atomic E-state index is 6.51. The lowest BCUT2D eigenvalue weighted by molar-refractivity contribution is 0.479. The summed E-state index contributed by atoms with van der Waals surface area (Å²) in [5.74, 6) is 0.799. The Hall–Kier alpha value is -0.930. The molecule has 0 amide bonds. The number of amidine groups is 1. The highest BCUT2D eigenvalue weighted by atomic mass is 15.4. The van der Waals surface area contributed by atoms with Crippen LogP contribution in [0.1, 0.15) is 26.7 Å². The van der Waals surface area contributed by atoms with E-state index in [1.807, 2.05) is 18.9 Å². The average molecular weight is 156 g/mol. The second-order valence-corrected chi connectivity index (χ2v) is 2.52. The van der Waals surface area contributed by atoms with Gasteiger partial charge in [0.05, 0.1) is 0 Å². The SMILES string of the molecule is CCCCN(C)/C(C)=N\N=N. The summed E-state index contributed by atoms with van der Waals surface area (Å²) >= 11 is 0. The van der Waals surface area contributed by atoms with E-state index in [1.54, 1.807) is 0 Å². The normalized spacial score (nSPS) is 11.4. The monoisotopic (exact) mass is 156 g/mol. The van der Waals surface area contributed by atoms with Gasteiger partial charge in [0, 0.05) is 13.6 Å². The van der Waals surface area contributed by atoms with Crippen molar-refractivity contribution in [1.82, 2.24) is 4.90 Å². The molecule has 0 spiro atoms. The zero-order valence-electron chi connectivity index (χ0n) is 7.46. The summed E-state index contributed by atoms with van der Waals surface area (Å²) in [4.78, 5) is 2.00. The third-order valence-corrected chi connectivity index (χ3v) is 1.59. The predicted octanol–water partition coefficient (Wildman–Crippen LogP) is 2.08. The highest BCUT2D eigenvalue weighted by Gasteiger charge is 1.97. The molecule has 0 aromatic carbocycles. The Morgan fingerprint density at radius 2 is 2.18 bits per heavy atom. The molecule has 0 atom stereocenters. The lowest BCUT2D eigenvalue weighted by atomic mass is 10.3. The third-order valence-electron chi connectivity index (χ3n) is 1.59. The smallest absolute Gasteiger partial charge is 0.125 e. The first-order valence-corrected chi connectivity index (χ1v) is 3.84. The van der Waals surface area contributed by atoms with Crippen LogP contribution in [0.2, 0.25) is 0 Å². The van der Waals surface area contributed by atoms with Gasteiger partial charge in [-0.15, -0.1) is 5.10 Å². The van der Waals surface area contributed by atoms with E-state index in [1.165, 1.54) is 6.42 Å². The molecule has 1 N–H and O–H groups in total. The first-order valence-electron chi connectivity index (χ1n) is 3.84. The van der Waals surface area contributed by atoms with Crippen molar-refractivity contribution in [1.29, 1.82) is 5.53 Å². The summed E-state index contributed by atoms with van der Waals surface area (Å²) < 4.78 is 0. The first-order chi connectivity index (χ1) is 5.22. The van der Waals surface area contributed by atoms with Gasteiger partial charge in [0.15, 0.2) is 0 Å². The molecule has 11 heavy (non-hydrogen) atoms. The summed E-state index contributed by atoms with van der Waals surface area (Å²) in [5.41, 5.74) is 6.51. The molecular weight excluding hydrogens is 140 g/mol. The van der Waals surface area contributed by atoms with E-state index in [-0.39, 0.29) is 0 Å². The largest absolute Gasteiger partial charge is 0.362 e. The molecule has 0 aliphatic carbocycles. The second kappa shape index (κ2) is 5.82. The molecular formula is C7H16N4. The zero-order chi connectivity index (χ0) is 8.69. The average Bonchev–Trinajstić information content (AvgIpc) is 2.00. The van der Waals surface area contributed by atoms with Gasteiger partial charge in [0.2, 0.25) is 0 Å². The zero-order valence-corrected chi connectivity index (χ0v) is 7.46. The van der Waals surface area contributed by atoms with Crippen LogP contribution in [0.15, 0.2) is 10.3 Å². The topological polar surface area (TPSA) is 51.8 Å². The Morgan fingerprint density at radius 3 is 2.64 bits per heavy atom. The summed E-state index contributed by atoms with van der Waals surface area (Å²) in [6.45, 7) is 4.99. The highest BCUT2D eigenvalue weighted by molar-refractivity contribution is 5.79. The van der Waals surface area contributed by atoms with Gasteiger partial charge in [-0.1, -0.05) is 18.6 Å². The fraction of sp³-hybridized carbons (Fsp3) is 0.857. The summed E-state index contributed by atoms with van der Waals surface area (Å²) in [6, 6.07) is 0. The van der Waals surface area contributed by atoms with Crippen molar-refractivity contribution in [3.63, 3.8) is 0 Å². The predicted molar refractivity (Wildman–Crippen MR) is 45.8 cm³/mol. The van der Waals surface area contributed by atoms with Crippen LogP contribution in [0.25, 0.3) is 0 Å². The molecule has 0 unspecified atom stereocenters. The molecule has 4 heteroatoms. The van der Waals surface area contributed by atoms with Crippen LogP contribution in [0, 0.1) is 5.53 Å². The molecule has 4 nitrogen and oxygen atoms in total. The molecule has 0 aromatic heterocycles. The molecule has 0 heterocycles. The van der Waals surface area contributed by atoms with E-state index >= 15 is 0 Å². The van der Waals surface area contributed by atoms with Gasteiger partial charge in [-0.25, -0.2) is 0 Å². The Kier molecular flexibility index (Phi) is 5.33. The number of nitrogens with zero attached hydrogens (tertiary/aromatic N) is 3. The van der Waals surface area contributed by atoms with Crippen LogP contribution in [-0.2, 0) is 0 Å². The Morgan fingerprint density at radius 1 is 1.55 bits per heavy atom. The summed E-state index contributed by atoms with van der Waals surface area (Å²) in [6.07, 6.45) is 2.33. The van der Waals surface area contributed by atoms with E-state index in [2.05, 4.69) is 17.2 Å². The number of unbranched alkanes of at least 4 members (excludes halogenated alkanes) is 1. The second-order valence-electron chi connectivity index (χ2n) is 2.52. The lowest BCUT2D eigenvalue weighted by Gasteiger charge is -2.16. The van der Waals surface area contributed by atoms with Crippen LogP contribution in [0.3, 0.4) is 0 Å². The molecule has 0 saturated heterocycles. The van der Waals surface area contributed by atoms with Gasteiger partial charge in [0.1, 0.15) is 5.84 Å². The van der Waals surface area contributed by atoms with Gasteiger partial charge >= 0.3 is 0 Å². The fourth-order valence-electron chi connectivity index (χ4n) is 0.706. The molecule has 0 aliphatic heterocycles. The fourth-order valence-corrected chi connectivity index (χ4v) is 0.706. The van der Waals surface area contributed by atoms with Crippen molar-refractivity contribution in [3.8, 4) is 0 Å². The third kappa shape index (κ3) is 4.47. The van der Waals surface area contributed by atoms with Crippen molar-refractivity contribution >= 4 is 5.84 Å². The number of hydrogen-bond donors (Lipinski definition) is 1. The lowest BCUT2D eigenvalue weighted by Crippen LogP contribution is -2.24. The minimum atomic E-state index is 0.799. The van der Waals surface area contributed by atoms with Crippen molar-refractivity contribution in [2.24, 2.45) is 10.3 Å². The van der Waals surface area contributed by atoms with Crippen LogP contribution in [-0.4, -0.2) is 24.3 Å². The quantitative estimate of drug-likeness (QED) is 0.288. The van der Waals surface area contributed by atoms with E-state index in [4.69, 9.17) is 5.53 Å². The molecule has 0 radical (unpaired) electrons. The molecule has 0 bridgehead atoms. The van der Waals surface area contributed by atoms with Gasteiger partial charge in [-0.2, -0.15) is 5.53 Å². The van der Waals surface area contributed by atoms with Crippen molar-refractivity contribution < 1.29 is 0 Å². The van der Waals surface area contributed by atoms with E-state index < -0.39 is 0 Å². The minimum Gasteiger partial charge on any atom is -0.362 e. The molecule has 64 valence electrons.